The maximum absolute atomic E-state index is 14.7. The number of nitrogen functional groups attached to an aromatic ring is 2. The van der Waals surface area contributed by atoms with Gasteiger partial charge in [-0.2, -0.15) is 10.1 Å². The summed E-state index contributed by atoms with van der Waals surface area (Å²) in [4.78, 5) is 111. The Morgan fingerprint density at radius 3 is 2.26 bits per heavy atom. The van der Waals surface area contributed by atoms with E-state index in [4.69, 9.17) is 69.3 Å². The Morgan fingerprint density at radius 1 is 0.765 bits per heavy atom. The summed E-state index contributed by atoms with van der Waals surface area (Å²) < 4.78 is 62.5. The quantitative estimate of drug-likeness (QED) is 0.00875. The Bertz CT molecular complexity index is 4240. The van der Waals surface area contributed by atoms with Gasteiger partial charge in [-0.15, -0.1) is 5.10 Å². The molecule has 1 saturated carbocycles. The Morgan fingerprint density at radius 2 is 1.51 bits per heavy atom. The van der Waals surface area contributed by atoms with Gasteiger partial charge in [-0.05, 0) is 164 Å². The van der Waals surface area contributed by atoms with Crippen LogP contribution in [0.4, 0.5) is 11.8 Å². The molecule has 0 spiro atoms. The number of benzene rings is 1. The number of oxazole rings is 1. The van der Waals surface area contributed by atoms with Gasteiger partial charge in [0, 0.05) is 115 Å². The van der Waals surface area contributed by atoms with Crippen molar-refractivity contribution in [2.75, 3.05) is 98.7 Å². The number of aromatic nitrogens is 8. The minimum absolute atomic E-state index is 0.0166. The van der Waals surface area contributed by atoms with Crippen molar-refractivity contribution in [2.24, 2.45) is 35.3 Å². The zero-order valence-electron chi connectivity index (χ0n) is 70.9. The molecule has 0 unspecified atom stereocenters. The van der Waals surface area contributed by atoms with E-state index in [1.807, 2.05) is 62.6 Å². The van der Waals surface area contributed by atoms with Crippen molar-refractivity contribution in [1.29, 1.82) is 0 Å². The van der Waals surface area contributed by atoms with Gasteiger partial charge in [-0.3, -0.25) is 28.8 Å². The van der Waals surface area contributed by atoms with Crippen molar-refractivity contribution in [3.8, 4) is 11.3 Å². The highest BCUT2D eigenvalue weighted by molar-refractivity contribution is 6.39. The number of hydrogen-bond acceptors (Lipinski definition) is 28. The second-order valence-corrected chi connectivity index (χ2v) is 32.3. The van der Waals surface area contributed by atoms with Crippen LogP contribution in [0.5, 0.6) is 0 Å². The molecule has 33 heteroatoms. The lowest BCUT2D eigenvalue weighted by atomic mass is 9.80. The predicted molar refractivity (Wildman–Crippen MR) is 444 cm³/mol. The van der Waals surface area contributed by atoms with Gasteiger partial charge >= 0.3 is 5.97 Å². The molecule has 4 aromatic heterocycles. The molecule has 10 N–H and O–H groups in total. The van der Waals surface area contributed by atoms with Crippen LogP contribution in [0.25, 0.3) is 33.4 Å². The van der Waals surface area contributed by atoms with E-state index in [1.165, 1.54) is 13.4 Å². The van der Waals surface area contributed by atoms with Crippen LogP contribution in [0.2, 0.25) is 0 Å². The average molecular weight is 1660 g/mol. The number of hydrogen-bond donors (Lipinski definition) is 7. The first-order valence-electron chi connectivity index (χ1n) is 42.4. The van der Waals surface area contributed by atoms with Crippen molar-refractivity contribution in [1.82, 2.24) is 55.3 Å². The van der Waals surface area contributed by atoms with Gasteiger partial charge in [0.05, 0.1) is 81.7 Å². The standard InChI is InChI=1S/C86H128N14O19/c1-54-21-11-10-12-22-55(2)70(110-7)50-63-30-27-59(6)86(109,119-63)80(106)83(107)99-35-18-15-24-66(99)84(108)117-71(51-67(101)56(3)46-58(5)78(105)79(112-9)77(104)57(4)45-54)64(87)47-60-28-31-69(72(48-60)111-8)116-38-20-16-23-62-52-98(97-95-62)37-40-114-42-44-115-43-41-113-39-34-91-74(103)26-14-13-25-73(102)90-33-17-19-36-100-82-75(81(88)92-53-93-82)76(96-100)61-29-32-68-65(49-61)94-85(89)118-68/h10-12,21-22,29,32,46,49,52-54,56-57,59-60,63-64,66,69-72,78-79,105,109H,13-20,23-28,30-31,33-45,47-48,50-51,87H2,1-9H3,(H2,89,94)(H,90,102)(H,91,103)(H2,88,92,93)/b12-10+,21-11+,55-22+,58-46+/t54-,56-,57-,59-,60+,63+,64-,66+,69-,70+,71+,72-,78-,79+,86-/m1/s1. The summed E-state index contributed by atoms with van der Waals surface area (Å²) >= 11 is 0. The summed E-state index contributed by atoms with van der Waals surface area (Å²) in [6.07, 6.45) is 19.5. The topological polar surface area (TPSA) is 449 Å². The number of unbranched alkanes of at least 4 members (excludes halogenated alkanes) is 3. The fourth-order valence-corrected chi connectivity index (χ4v) is 16.1. The van der Waals surface area contributed by atoms with E-state index in [2.05, 4.69) is 35.9 Å². The van der Waals surface area contributed by atoms with E-state index in [0.29, 0.717) is 202 Å². The number of aliphatic hydroxyl groups excluding tert-OH is 1. The average Bonchev–Trinajstić information content (AvgIpc) is 1.73. The Hall–Kier alpha value is -8.61. The van der Waals surface area contributed by atoms with E-state index in [-0.39, 0.29) is 79.2 Å². The third-order valence-corrected chi connectivity index (χ3v) is 23.1. The minimum Gasteiger partial charge on any atom is -0.459 e. The lowest BCUT2D eigenvalue weighted by molar-refractivity contribution is -0.265. The van der Waals surface area contributed by atoms with Gasteiger partial charge < -0.3 is 90.0 Å². The molecule has 3 aliphatic heterocycles. The summed E-state index contributed by atoms with van der Waals surface area (Å²) in [6.45, 7) is 15.4. The fourth-order valence-electron chi connectivity index (χ4n) is 16.1. The first-order valence-corrected chi connectivity index (χ1v) is 42.4. The summed E-state index contributed by atoms with van der Waals surface area (Å²) in [5.74, 6) is -8.16. The number of nitrogens with two attached hydrogens (primary N) is 3. The van der Waals surface area contributed by atoms with Crippen molar-refractivity contribution >= 4 is 75.0 Å². The van der Waals surface area contributed by atoms with Gasteiger partial charge in [-0.1, -0.05) is 69.4 Å². The van der Waals surface area contributed by atoms with Crippen molar-refractivity contribution < 1.29 is 90.8 Å². The van der Waals surface area contributed by atoms with Gasteiger partial charge in [0.1, 0.15) is 53.5 Å². The molecule has 2 saturated heterocycles. The number of rotatable bonds is 35. The Kier molecular flexibility index (Phi) is 37.7. The molecule has 119 heavy (non-hydrogen) atoms. The van der Waals surface area contributed by atoms with Crippen molar-refractivity contribution in [3.05, 3.63) is 84.0 Å². The maximum Gasteiger partial charge on any atom is 0.329 e. The van der Waals surface area contributed by atoms with Crippen molar-refractivity contribution in [3.63, 3.8) is 0 Å². The first kappa shape index (κ1) is 94.2. The highest BCUT2D eigenvalue weighted by atomic mass is 16.6. The zero-order valence-corrected chi connectivity index (χ0v) is 70.9. The maximum atomic E-state index is 14.7. The number of nitrogens with zero attached hydrogens (tertiary/aromatic N) is 9. The van der Waals surface area contributed by atoms with Crippen LogP contribution < -0.4 is 27.8 Å². The van der Waals surface area contributed by atoms with Gasteiger partial charge in [0.2, 0.25) is 17.6 Å². The molecule has 5 aromatic rings. The van der Waals surface area contributed by atoms with Crippen LogP contribution in [-0.4, -0.2) is 244 Å². The Balaban J connectivity index is 0.642. The number of cyclic esters (lactones) is 1. The van der Waals surface area contributed by atoms with E-state index in [1.54, 1.807) is 63.4 Å². The number of nitrogens with one attached hydrogen (secondary N) is 2. The third-order valence-electron chi connectivity index (χ3n) is 23.1. The number of esters is 1. The van der Waals surface area contributed by atoms with Crippen LogP contribution in [0.3, 0.4) is 0 Å². The molecule has 3 fully saturated rings. The molecule has 1 aromatic carbocycles. The predicted octanol–water partition coefficient (Wildman–Crippen LogP) is 7.95. The van der Waals surface area contributed by atoms with Crippen LogP contribution >= 0.6 is 0 Å². The number of piperidine rings is 1. The molecular formula is C86H128N14O19. The van der Waals surface area contributed by atoms with E-state index in [0.717, 1.165) is 47.4 Å². The molecule has 3 amide bonds. The number of Topliss-reactive ketones (excluding diaryl/α,β-unsaturated/α-hetero) is 3. The number of methoxy groups -OCH3 is 3. The fraction of sp³-hybridized carbons (Fsp3) is 0.663. The molecule has 2 bridgehead atoms. The highest BCUT2D eigenvalue weighted by Crippen LogP contribution is 2.39. The number of allylic oxidation sites excluding steroid dienone is 6. The number of anilines is 2. The van der Waals surface area contributed by atoms with Crippen LogP contribution in [0, 0.1) is 29.6 Å². The van der Waals surface area contributed by atoms with Crippen molar-refractivity contribution in [2.45, 2.75) is 250 Å². The Labute approximate surface area is 697 Å². The number of ether oxygens (including phenoxy) is 9. The van der Waals surface area contributed by atoms with Crippen LogP contribution in [0.1, 0.15) is 176 Å². The summed E-state index contributed by atoms with van der Waals surface area (Å²) in [6, 6.07) is 3.45. The lowest BCUT2D eigenvalue weighted by Gasteiger charge is -2.42. The molecule has 1 aliphatic carbocycles. The van der Waals surface area contributed by atoms with Gasteiger partial charge in [-0.25, -0.2) is 24.1 Å². The number of ketones is 3. The molecule has 0 radical (unpaired) electrons. The van der Waals surface area contributed by atoms with E-state index in [9.17, 15) is 43.8 Å². The second-order valence-electron chi connectivity index (χ2n) is 32.3. The molecular weight excluding hydrogens is 1530 g/mol. The minimum atomic E-state index is -2.48. The summed E-state index contributed by atoms with van der Waals surface area (Å²) in [5, 5.41) is 43.7. The van der Waals surface area contributed by atoms with E-state index < -0.39 is 83.8 Å². The normalized spacial score (nSPS) is 27.4. The molecule has 33 nitrogen and oxygen atoms in total. The molecule has 4 aliphatic rings. The molecule has 656 valence electrons. The number of carbonyl (C=O) groups is 7. The zero-order chi connectivity index (χ0) is 85.5. The molecule has 9 rings (SSSR count). The lowest BCUT2D eigenvalue weighted by Crippen LogP contribution is -2.61. The van der Waals surface area contributed by atoms with E-state index >= 15 is 0 Å². The van der Waals surface area contributed by atoms with Gasteiger partial charge in [0.15, 0.2) is 17.0 Å². The third kappa shape index (κ3) is 27.7. The SMILES string of the molecule is CO[C@H]1C[C@@H]2CC[C@@H](C)[C@@](O)(O2)C(=O)C(=O)N2CCCC[C@H]2C(=O)O[C@H]([C@H](N)C[C@@H]2CC[C@@H](OCCCCc3cn(CCOCCOCCOCCNC(=O)CCCCC(=O)NCCCCn4nc(-c5ccc6oc(N)nc6c5)c5c(N)ncnc54)nn3)[C@H](OC)C2)CC(=O)[C@H](C)/C=C(\C)[C@@H](O)[C@@H](OC)C(=O)[C@H](C)C[C@H](C)/C=C/C=C/C=C/1C. The second kappa shape index (κ2) is 47.6. The number of aliphatic hydroxyl groups is 2. The number of aryl methyl sites for hydroxylation is 2. The molecule has 7 heterocycles. The summed E-state index contributed by atoms with van der Waals surface area (Å²) in [7, 11) is 4.59. The highest BCUT2D eigenvalue weighted by Gasteiger charge is 2.53. The number of amides is 3. The smallest absolute Gasteiger partial charge is 0.329 e. The summed E-state index contributed by atoms with van der Waals surface area (Å²) in [5.41, 5.74) is 24.4. The van der Waals surface area contributed by atoms with Crippen LogP contribution in [-0.2, 0) is 95.7 Å². The number of carbonyl (C=O) groups excluding carboxylic acids is 7. The first-order chi connectivity index (χ1) is 57.3. The largest absolute Gasteiger partial charge is 0.459 e. The van der Waals surface area contributed by atoms with Gasteiger partial charge in [0.25, 0.3) is 17.7 Å². The molecule has 15 atom stereocenters. The number of fused-ring (bicyclic) bond motifs is 5. The van der Waals surface area contributed by atoms with Crippen LogP contribution in [0.15, 0.2) is 82.7 Å². The monoisotopic (exact) mass is 1660 g/mol.